The third kappa shape index (κ3) is 4.08. The van der Waals surface area contributed by atoms with Crippen molar-refractivity contribution in [1.29, 1.82) is 0 Å². The fraction of sp³-hybridized carbons (Fsp3) is 0.423. The van der Waals surface area contributed by atoms with Gasteiger partial charge in [-0.05, 0) is 79.0 Å². The molecule has 1 nitrogen and oxygen atoms in total. The van der Waals surface area contributed by atoms with Gasteiger partial charge in [-0.3, -0.25) is 4.98 Å². The molecular formula is C26H31N. The molecule has 1 aliphatic carbocycles. The molecule has 0 spiro atoms. The van der Waals surface area contributed by atoms with E-state index in [4.69, 9.17) is 0 Å². The molecule has 1 aromatic heterocycles. The van der Waals surface area contributed by atoms with Crippen molar-refractivity contribution in [2.24, 2.45) is 5.92 Å². The van der Waals surface area contributed by atoms with Gasteiger partial charge in [0.1, 0.15) is 0 Å². The van der Waals surface area contributed by atoms with Crippen molar-refractivity contribution in [2.75, 3.05) is 0 Å². The molecule has 0 unspecified atom stereocenters. The van der Waals surface area contributed by atoms with Crippen LogP contribution in [0.1, 0.15) is 69.4 Å². The SMILES string of the molecule is CC(C)(CCC1CCC(c2ccnc3ccccc23)CC1)c1ccccc1. The Labute approximate surface area is 163 Å². The second-order valence-corrected chi connectivity index (χ2v) is 8.92. The number of nitrogens with zero attached hydrogens (tertiary/aromatic N) is 1. The molecular weight excluding hydrogens is 326 g/mol. The first-order valence-corrected chi connectivity index (χ1v) is 10.5. The minimum Gasteiger partial charge on any atom is -0.256 e. The summed E-state index contributed by atoms with van der Waals surface area (Å²) in [5.41, 5.74) is 4.41. The summed E-state index contributed by atoms with van der Waals surface area (Å²) < 4.78 is 0. The van der Waals surface area contributed by atoms with E-state index in [9.17, 15) is 0 Å². The average molecular weight is 358 g/mol. The number of fused-ring (bicyclic) bond motifs is 1. The predicted molar refractivity (Wildman–Crippen MR) is 115 cm³/mol. The van der Waals surface area contributed by atoms with Gasteiger partial charge in [-0.25, -0.2) is 0 Å². The summed E-state index contributed by atoms with van der Waals surface area (Å²) >= 11 is 0. The van der Waals surface area contributed by atoms with Gasteiger partial charge in [-0.2, -0.15) is 0 Å². The van der Waals surface area contributed by atoms with Crippen molar-refractivity contribution in [1.82, 2.24) is 4.98 Å². The van der Waals surface area contributed by atoms with Crippen LogP contribution in [-0.2, 0) is 5.41 Å². The number of aromatic nitrogens is 1. The topological polar surface area (TPSA) is 12.9 Å². The van der Waals surface area contributed by atoms with Crippen LogP contribution in [0.5, 0.6) is 0 Å². The molecule has 0 aliphatic heterocycles. The molecule has 1 aliphatic rings. The highest BCUT2D eigenvalue weighted by molar-refractivity contribution is 5.82. The summed E-state index contributed by atoms with van der Waals surface area (Å²) in [5, 5.41) is 1.36. The summed E-state index contributed by atoms with van der Waals surface area (Å²) in [7, 11) is 0. The molecule has 1 heterocycles. The van der Waals surface area contributed by atoms with Crippen LogP contribution in [0.2, 0.25) is 0 Å². The Balaban J connectivity index is 1.36. The van der Waals surface area contributed by atoms with E-state index in [0.29, 0.717) is 5.92 Å². The predicted octanol–water partition coefficient (Wildman–Crippen LogP) is 7.27. The zero-order chi connectivity index (χ0) is 18.7. The minimum absolute atomic E-state index is 0.277. The Morgan fingerprint density at radius 2 is 1.56 bits per heavy atom. The van der Waals surface area contributed by atoms with E-state index in [2.05, 4.69) is 79.5 Å². The third-order valence-corrected chi connectivity index (χ3v) is 6.70. The molecule has 0 radical (unpaired) electrons. The maximum Gasteiger partial charge on any atom is 0.0704 e. The molecule has 140 valence electrons. The quantitative estimate of drug-likeness (QED) is 0.468. The van der Waals surface area contributed by atoms with Crippen molar-refractivity contribution in [3.8, 4) is 0 Å². The highest BCUT2D eigenvalue weighted by Gasteiger charge is 2.26. The number of hydrogen-bond acceptors (Lipinski definition) is 1. The number of benzene rings is 2. The molecule has 3 aromatic rings. The standard InChI is InChI=1S/C26H31N/c1-26(2,22-8-4-3-5-9-22)18-16-20-12-14-21(15-13-20)23-17-19-27-25-11-7-6-10-24(23)25/h3-11,17,19-21H,12-16,18H2,1-2H3. The summed E-state index contributed by atoms with van der Waals surface area (Å²) in [6, 6.07) is 21.9. The first-order chi connectivity index (χ1) is 13.1. The zero-order valence-corrected chi connectivity index (χ0v) is 16.7. The van der Waals surface area contributed by atoms with Gasteiger partial charge in [0.25, 0.3) is 0 Å². The summed E-state index contributed by atoms with van der Waals surface area (Å²) in [6.07, 6.45) is 10.0. The second kappa shape index (κ2) is 7.84. The lowest BCUT2D eigenvalue weighted by atomic mass is 9.73. The van der Waals surface area contributed by atoms with Crippen LogP contribution in [-0.4, -0.2) is 4.98 Å². The molecule has 2 aromatic carbocycles. The zero-order valence-electron chi connectivity index (χ0n) is 16.7. The largest absolute Gasteiger partial charge is 0.256 e. The van der Waals surface area contributed by atoms with Gasteiger partial charge in [0.05, 0.1) is 5.52 Å². The first kappa shape index (κ1) is 18.2. The van der Waals surface area contributed by atoms with Crippen LogP contribution in [0.15, 0.2) is 66.9 Å². The fourth-order valence-corrected chi connectivity index (χ4v) is 4.83. The van der Waals surface area contributed by atoms with Gasteiger partial charge < -0.3 is 0 Å². The van der Waals surface area contributed by atoms with Crippen molar-refractivity contribution in [3.05, 3.63) is 78.0 Å². The molecule has 27 heavy (non-hydrogen) atoms. The van der Waals surface area contributed by atoms with Crippen LogP contribution in [0.25, 0.3) is 10.9 Å². The molecule has 1 saturated carbocycles. The second-order valence-electron chi connectivity index (χ2n) is 8.92. The van der Waals surface area contributed by atoms with E-state index in [0.717, 1.165) is 11.4 Å². The van der Waals surface area contributed by atoms with Gasteiger partial charge in [0, 0.05) is 11.6 Å². The summed E-state index contributed by atoms with van der Waals surface area (Å²) in [4.78, 5) is 4.54. The maximum atomic E-state index is 4.54. The van der Waals surface area contributed by atoms with Crippen molar-refractivity contribution in [2.45, 2.75) is 63.7 Å². The van der Waals surface area contributed by atoms with Crippen LogP contribution in [0.4, 0.5) is 0 Å². The van der Waals surface area contributed by atoms with Crippen molar-refractivity contribution >= 4 is 10.9 Å². The van der Waals surface area contributed by atoms with Crippen molar-refractivity contribution in [3.63, 3.8) is 0 Å². The number of para-hydroxylation sites is 1. The van der Waals surface area contributed by atoms with E-state index in [1.807, 2.05) is 6.20 Å². The lowest BCUT2D eigenvalue weighted by Crippen LogP contribution is -2.20. The Hall–Kier alpha value is -2.15. The van der Waals surface area contributed by atoms with E-state index in [-0.39, 0.29) is 5.41 Å². The third-order valence-electron chi connectivity index (χ3n) is 6.70. The van der Waals surface area contributed by atoms with E-state index >= 15 is 0 Å². The van der Waals surface area contributed by atoms with Crippen LogP contribution in [0, 0.1) is 5.92 Å². The van der Waals surface area contributed by atoms with Gasteiger partial charge in [0.15, 0.2) is 0 Å². The molecule has 1 heteroatoms. The molecule has 0 bridgehead atoms. The Kier molecular flexibility index (Phi) is 5.29. The number of rotatable bonds is 5. The van der Waals surface area contributed by atoms with Gasteiger partial charge in [-0.15, -0.1) is 0 Å². The van der Waals surface area contributed by atoms with Crippen LogP contribution in [0.3, 0.4) is 0 Å². The summed E-state index contributed by atoms with van der Waals surface area (Å²) in [5.74, 6) is 1.59. The lowest BCUT2D eigenvalue weighted by Gasteiger charge is -2.32. The van der Waals surface area contributed by atoms with E-state index in [1.54, 1.807) is 0 Å². The highest BCUT2D eigenvalue weighted by atomic mass is 14.6. The first-order valence-electron chi connectivity index (χ1n) is 10.5. The van der Waals surface area contributed by atoms with E-state index in [1.165, 1.54) is 55.0 Å². The number of pyridine rings is 1. The monoisotopic (exact) mass is 357 g/mol. The number of hydrogen-bond donors (Lipinski definition) is 0. The normalized spacial score (nSPS) is 20.7. The van der Waals surface area contributed by atoms with Crippen LogP contribution < -0.4 is 0 Å². The van der Waals surface area contributed by atoms with Gasteiger partial charge >= 0.3 is 0 Å². The molecule has 0 N–H and O–H groups in total. The van der Waals surface area contributed by atoms with Gasteiger partial charge in [0.2, 0.25) is 0 Å². The molecule has 4 rings (SSSR count). The Morgan fingerprint density at radius 1 is 0.852 bits per heavy atom. The minimum atomic E-state index is 0.277. The smallest absolute Gasteiger partial charge is 0.0704 e. The highest BCUT2D eigenvalue weighted by Crippen LogP contribution is 2.41. The Bertz CT molecular complexity index is 868. The van der Waals surface area contributed by atoms with Crippen LogP contribution >= 0.6 is 0 Å². The van der Waals surface area contributed by atoms with E-state index < -0.39 is 0 Å². The Morgan fingerprint density at radius 3 is 2.33 bits per heavy atom. The maximum absolute atomic E-state index is 4.54. The molecule has 1 fully saturated rings. The molecule has 0 saturated heterocycles. The van der Waals surface area contributed by atoms with Crippen molar-refractivity contribution < 1.29 is 0 Å². The molecule has 0 amide bonds. The van der Waals surface area contributed by atoms with Gasteiger partial charge in [-0.1, -0.05) is 62.4 Å². The average Bonchev–Trinajstić information content (AvgIpc) is 2.73. The molecule has 0 atom stereocenters. The fourth-order valence-electron chi connectivity index (χ4n) is 4.83. The summed E-state index contributed by atoms with van der Waals surface area (Å²) in [6.45, 7) is 4.80. The lowest BCUT2D eigenvalue weighted by molar-refractivity contribution is 0.283.